The first-order valence-corrected chi connectivity index (χ1v) is 5.11. The van der Waals surface area contributed by atoms with Crippen molar-refractivity contribution in [3.05, 3.63) is 29.8 Å². The molecule has 0 N–H and O–H groups in total. The SMILES string of the molecule is CC.Cc1cccc(SC(F)(F)F)c1. The van der Waals surface area contributed by atoms with E-state index < -0.39 is 5.51 Å². The second-order valence-corrected chi connectivity index (χ2v) is 3.50. The van der Waals surface area contributed by atoms with Gasteiger partial charge in [-0.1, -0.05) is 31.5 Å². The van der Waals surface area contributed by atoms with Crippen LogP contribution in [0.4, 0.5) is 13.2 Å². The third kappa shape index (κ3) is 5.91. The van der Waals surface area contributed by atoms with Crippen molar-refractivity contribution >= 4 is 11.8 Å². The van der Waals surface area contributed by atoms with E-state index in [9.17, 15) is 13.2 Å². The molecule has 0 aliphatic rings. The van der Waals surface area contributed by atoms with Crippen LogP contribution < -0.4 is 0 Å². The van der Waals surface area contributed by atoms with E-state index in [2.05, 4.69) is 0 Å². The molecular weight excluding hydrogens is 209 g/mol. The quantitative estimate of drug-likeness (QED) is 0.624. The Morgan fingerprint density at radius 3 is 2.14 bits per heavy atom. The fourth-order valence-corrected chi connectivity index (χ4v) is 1.47. The molecule has 1 rings (SSSR count). The second-order valence-electron chi connectivity index (χ2n) is 2.36. The van der Waals surface area contributed by atoms with Crippen LogP contribution in [0.2, 0.25) is 0 Å². The lowest BCUT2D eigenvalue weighted by Gasteiger charge is -2.05. The van der Waals surface area contributed by atoms with Gasteiger partial charge in [0.05, 0.1) is 0 Å². The van der Waals surface area contributed by atoms with Gasteiger partial charge in [0.25, 0.3) is 0 Å². The van der Waals surface area contributed by atoms with Crippen molar-refractivity contribution in [1.82, 2.24) is 0 Å². The molecule has 4 heteroatoms. The average molecular weight is 222 g/mol. The maximum Gasteiger partial charge on any atom is 0.446 e. The molecule has 0 amide bonds. The average Bonchev–Trinajstić information content (AvgIpc) is 2.04. The van der Waals surface area contributed by atoms with Gasteiger partial charge < -0.3 is 0 Å². The predicted octanol–water partition coefficient (Wildman–Crippen LogP) is 4.63. The highest BCUT2D eigenvalue weighted by atomic mass is 32.2. The summed E-state index contributed by atoms with van der Waals surface area (Å²) in [5.74, 6) is 0. The standard InChI is InChI=1S/C8H7F3S.C2H6/c1-6-3-2-4-7(5-6)12-8(9,10)11;1-2/h2-5H,1H3;1-2H3. The molecule has 0 spiro atoms. The van der Waals surface area contributed by atoms with E-state index in [0.717, 1.165) is 5.56 Å². The summed E-state index contributed by atoms with van der Waals surface area (Å²) in [4.78, 5) is 0.238. The highest BCUT2D eigenvalue weighted by molar-refractivity contribution is 8.00. The van der Waals surface area contributed by atoms with Gasteiger partial charge in [-0.25, -0.2) is 0 Å². The molecule has 80 valence electrons. The number of aryl methyl sites for hydroxylation is 1. The molecule has 0 aromatic heterocycles. The fourth-order valence-electron chi connectivity index (χ4n) is 0.812. The van der Waals surface area contributed by atoms with Crippen molar-refractivity contribution in [2.75, 3.05) is 0 Å². The summed E-state index contributed by atoms with van der Waals surface area (Å²) in [5.41, 5.74) is -3.35. The lowest BCUT2D eigenvalue weighted by Crippen LogP contribution is -1.98. The van der Waals surface area contributed by atoms with Gasteiger partial charge in [0.2, 0.25) is 0 Å². The molecule has 1 aromatic carbocycles. The Bertz CT molecular complexity index is 268. The van der Waals surface area contributed by atoms with Crippen molar-refractivity contribution in [3.8, 4) is 0 Å². The molecule has 0 nitrogen and oxygen atoms in total. The van der Waals surface area contributed by atoms with Crippen molar-refractivity contribution in [1.29, 1.82) is 0 Å². The molecule has 0 saturated heterocycles. The number of alkyl halides is 3. The van der Waals surface area contributed by atoms with E-state index in [-0.39, 0.29) is 16.7 Å². The third-order valence-electron chi connectivity index (χ3n) is 1.22. The number of thioether (sulfide) groups is 1. The van der Waals surface area contributed by atoms with Crippen LogP contribution in [0.1, 0.15) is 19.4 Å². The van der Waals surface area contributed by atoms with Crippen LogP contribution in [0, 0.1) is 6.92 Å². The molecule has 0 aliphatic carbocycles. The maximum absolute atomic E-state index is 11.8. The molecule has 0 fully saturated rings. The van der Waals surface area contributed by atoms with Gasteiger partial charge in [0.15, 0.2) is 0 Å². The van der Waals surface area contributed by atoms with E-state index in [1.54, 1.807) is 19.1 Å². The molecule has 0 heterocycles. The zero-order valence-corrected chi connectivity index (χ0v) is 9.17. The predicted molar refractivity (Wildman–Crippen MR) is 54.4 cm³/mol. The van der Waals surface area contributed by atoms with Gasteiger partial charge in [-0.3, -0.25) is 0 Å². The number of hydrogen-bond donors (Lipinski definition) is 0. The Morgan fingerprint density at radius 2 is 1.71 bits per heavy atom. The summed E-state index contributed by atoms with van der Waals surface area (Å²) in [7, 11) is 0. The first-order valence-electron chi connectivity index (χ1n) is 4.30. The van der Waals surface area contributed by atoms with Crippen LogP contribution in [-0.4, -0.2) is 5.51 Å². The molecule has 14 heavy (non-hydrogen) atoms. The Labute approximate surface area is 86.5 Å². The van der Waals surface area contributed by atoms with E-state index in [1.165, 1.54) is 12.1 Å². The molecule has 0 aliphatic heterocycles. The summed E-state index contributed by atoms with van der Waals surface area (Å²) in [6, 6.07) is 6.34. The van der Waals surface area contributed by atoms with Crippen LogP contribution in [0.3, 0.4) is 0 Å². The molecular formula is C10H13F3S. The van der Waals surface area contributed by atoms with Gasteiger partial charge in [0, 0.05) is 4.90 Å². The summed E-state index contributed by atoms with van der Waals surface area (Å²) in [5, 5.41) is 0. The molecule has 0 unspecified atom stereocenters. The largest absolute Gasteiger partial charge is 0.446 e. The number of benzene rings is 1. The molecule has 0 atom stereocenters. The van der Waals surface area contributed by atoms with Gasteiger partial charge in [0.1, 0.15) is 0 Å². The van der Waals surface area contributed by atoms with Crippen LogP contribution in [0.5, 0.6) is 0 Å². The molecule has 0 radical (unpaired) electrons. The summed E-state index contributed by atoms with van der Waals surface area (Å²) in [6.07, 6.45) is 0. The third-order valence-corrected chi connectivity index (χ3v) is 1.94. The van der Waals surface area contributed by atoms with Crippen molar-refractivity contribution in [2.45, 2.75) is 31.2 Å². The van der Waals surface area contributed by atoms with Gasteiger partial charge in [-0.2, -0.15) is 13.2 Å². The fraction of sp³-hybridized carbons (Fsp3) is 0.400. The Morgan fingerprint density at radius 1 is 1.14 bits per heavy atom. The van der Waals surface area contributed by atoms with Crippen LogP contribution in [0.25, 0.3) is 0 Å². The van der Waals surface area contributed by atoms with E-state index in [1.807, 2.05) is 13.8 Å². The second kappa shape index (κ2) is 5.96. The summed E-state index contributed by atoms with van der Waals surface area (Å²) < 4.78 is 35.5. The summed E-state index contributed by atoms with van der Waals surface area (Å²) in [6.45, 7) is 5.76. The number of hydrogen-bond acceptors (Lipinski definition) is 1. The van der Waals surface area contributed by atoms with Gasteiger partial charge in [-0.05, 0) is 30.8 Å². The molecule has 0 saturated carbocycles. The molecule has 0 bridgehead atoms. The highest BCUT2D eigenvalue weighted by Gasteiger charge is 2.28. The minimum atomic E-state index is -4.19. The Hall–Kier alpha value is -0.640. The van der Waals surface area contributed by atoms with E-state index >= 15 is 0 Å². The number of rotatable bonds is 1. The lowest BCUT2D eigenvalue weighted by molar-refractivity contribution is -0.0328. The zero-order valence-electron chi connectivity index (χ0n) is 8.35. The van der Waals surface area contributed by atoms with Crippen LogP contribution in [-0.2, 0) is 0 Å². The smallest absolute Gasteiger partial charge is 0.160 e. The Kier molecular flexibility index (Phi) is 5.69. The summed E-state index contributed by atoms with van der Waals surface area (Å²) >= 11 is -0.0851. The van der Waals surface area contributed by atoms with Crippen molar-refractivity contribution in [3.63, 3.8) is 0 Å². The van der Waals surface area contributed by atoms with Crippen molar-refractivity contribution in [2.24, 2.45) is 0 Å². The first-order chi connectivity index (χ1) is 6.47. The van der Waals surface area contributed by atoms with E-state index in [4.69, 9.17) is 0 Å². The van der Waals surface area contributed by atoms with E-state index in [0.29, 0.717) is 0 Å². The van der Waals surface area contributed by atoms with Crippen LogP contribution in [0.15, 0.2) is 29.2 Å². The van der Waals surface area contributed by atoms with Crippen LogP contribution >= 0.6 is 11.8 Å². The normalized spacial score (nSPS) is 10.4. The maximum atomic E-state index is 11.8. The highest BCUT2D eigenvalue weighted by Crippen LogP contribution is 2.36. The van der Waals surface area contributed by atoms with Gasteiger partial charge in [-0.15, -0.1) is 0 Å². The Balaban J connectivity index is 0.000000791. The lowest BCUT2D eigenvalue weighted by atomic mass is 10.2. The van der Waals surface area contributed by atoms with Crippen molar-refractivity contribution < 1.29 is 13.2 Å². The molecule has 1 aromatic rings. The minimum Gasteiger partial charge on any atom is -0.160 e. The topological polar surface area (TPSA) is 0 Å². The zero-order chi connectivity index (χ0) is 11.2. The first kappa shape index (κ1) is 13.4. The minimum absolute atomic E-state index is 0.0851. The van der Waals surface area contributed by atoms with Gasteiger partial charge >= 0.3 is 5.51 Å². The monoisotopic (exact) mass is 222 g/mol. The number of halogens is 3.